The van der Waals surface area contributed by atoms with Gasteiger partial charge in [0.15, 0.2) is 6.29 Å². The first-order valence-corrected chi connectivity index (χ1v) is 7.71. The van der Waals surface area contributed by atoms with Crippen molar-refractivity contribution >= 4 is 33.5 Å². The molecule has 0 saturated heterocycles. The monoisotopic (exact) mass is 295 g/mol. The quantitative estimate of drug-likeness (QED) is 0.750. The van der Waals surface area contributed by atoms with E-state index in [4.69, 9.17) is 0 Å². The van der Waals surface area contributed by atoms with E-state index in [2.05, 4.69) is 21.4 Å². The van der Waals surface area contributed by atoms with E-state index in [1.165, 1.54) is 22.6 Å². The van der Waals surface area contributed by atoms with Crippen molar-refractivity contribution in [2.45, 2.75) is 18.9 Å². The molecule has 0 aromatic carbocycles. The number of nitrogens with zero attached hydrogens (tertiary/aromatic N) is 2. The van der Waals surface area contributed by atoms with Crippen LogP contribution in [0.1, 0.15) is 33.4 Å². The van der Waals surface area contributed by atoms with Crippen LogP contribution in [0.25, 0.3) is 10.1 Å². The minimum absolute atomic E-state index is 0.244. The molecular weight excluding hydrogens is 282 g/mol. The number of rotatable bonds is 3. The molecule has 0 amide bonds. The van der Waals surface area contributed by atoms with Crippen molar-refractivity contribution in [2.24, 2.45) is 0 Å². The number of nitrogens with one attached hydrogen (secondary N) is 1. The van der Waals surface area contributed by atoms with Crippen LogP contribution in [0, 0.1) is 0 Å². The number of pyridine rings is 2. The molecule has 0 fully saturated rings. The smallest absolute Gasteiger partial charge is 0.160 e. The number of fused-ring (bicyclic) bond motifs is 2. The molecule has 3 aromatic heterocycles. The molecule has 1 aliphatic carbocycles. The van der Waals surface area contributed by atoms with Gasteiger partial charge in [-0.1, -0.05) is 6.07 Å². The van der Waals surface area contributed by atoms with Crippen molar-refractivity contribution in [3.05, 3.63) is 52.8 Å². The molecule has 1 N–H and O–H groups in total. The Hall–Kier alpha value is -2.27. The van der Waals surface area contributed by atoms with Crippen LogP contribution in [0.2, 0.25) is 0 Å². The third-order valence-electron chi connectivity index (χ3n) is 3.85. The lowest BCUT2D eigenvalue weighted by molar-refractivity contribution is 0.112. The molecular formula is C16H13N3OS. The lowest BCUT2D eigenvalue weighted by Crippen LogP contribution is -2.08. The molecule has 104 valence electrons. The van der Waals surface area contributed by atoms with Gasteiger partial charge in [0.1, 0.15) is 5.82 Å². The molecule has 3 heterocycles. The van der Waals surface area contributed by atoms with E-state index in [9.17, 15) is 4.79 Å². The highest BCUT2D eigenvalue weighted by molar-refractivity contribution is 7.21. The van der Waals surface area contributed by atoms with E-state index >= 15 is 0 Å². The Morgan fingerprint density at radius 3 is 3.14 bits per heavy atom. The van der Waals surface area contributed by atoms with Gasteiger partial charge in [-0.05, 0) is 42.0 Å². The number of hydrogen-bond acceptors (Lipinski definition) is 5. The summed E-state index contributed by atoms with van der Waals surface area (Å²) >= 11 is 1.48. The summed E-state index contributed by atoms with van der Waals surface area (Å²) in [6.45, 7) is 0. The van der Waals surface area contributed by atoms with Crippen LogP contribution in [0.4, 0.5) is 5.82 Å². The van der Waals surface area contributed by atoms with E-state index < -0.39 is 0 Å². The summed E-state index contributed by atoms with van der Waals surface area (Å²) in [7, 11) is 0. The van der Waals surface area contributed by atoms with Crippen molar-refractivity contribution in [3.63, 3.8) is 0 Å². The Labute approximate surface area is 125 Å². The van der Waals surface area contributed by atoms with Crippen LogP contribution in [0.15, 0.2) is 36.7 Å². The molecule has 1 atom stereocenters. The van der Waals surface area contributed by atoms with Crippen molar-refractivity contribution < 1.29 is 4.79 Å². The SMILES string of the molecule is O=Cc1cc2ccnc(NC3CCc4ncccc43)c2s1. The van der Waals surface area contributed by atoms with Gasteiger partial charge >= 0.3 is 0 Å². The number of aldehydes is 1. The summed E-state index contributed by atoms with van der Waals surface area (Å²) in [5.74, 6) is 0.854. The summed E-state index contributed by atoms with van der Waals surface area (Å²) < 4.78 is 1.04. The second-order valence-electron chi connectivity index (χ2n) is 5.12. The maximum absolute atomic E-state index is 11.0. The predicted octanol–water partition coefficient (Wildman–Crippen LogP) is 3.60. The molecule has 4 nitrogen and oxygen atoms in total. The molecule has 1 unspecified atom stereocenters. The Morgan fingerprint density at radius 1 is 1.29 bits per heavy atom. The van der Waals surface area contributed by atoms with Gasteiger partial charge < -0.3 is 5.32 Å². The summed E-state index contributed by atoms with van der Waals surface area (Å²) in [5.41, 5.74) is 2.42. The molecule has 1 aliphatic rings. The predicted molar refractivity (Wildman–Crippen MR) is 83.9 cm³/mol. The Balaban J connectivity index is 1.72. The normalized spacial score (nSPS) is 16.9. The standard InChI is InChI=1S/C16H13N3OS/c20-9-11-8-10-5-7-18-16(15(10)21-11)19-14-4-3-13-12(14)2-1-6-17-13/h1-2,5-9,14H,3-4H2,(H,18,19). The van der Waals surface area contributed by atoms with Gasteiger partial charge in [0.05, 0.1) is 15.6 Å². The zero-order valence-corrected chi connectivity index (χ0v) is 12.1. The van der Waals surface area contributed by atoms with Crippen LogP contribution >= 0.6 is 11.3 Å². The third kappa shape index (κ3) is 2.10. The van der Waals surface area contributed by atoms with Crippen molar-refractivity contribution in [3.8, 4) is 0 Å². The fourth-order valence-corrected chi connectivity index (χ4v) is 3.80. The number of anilines is 1. The maximum Gasteiger partial charge on any atom is 0.160 e. The van der Waals surface area contributed by atoms with E-state index in [1.54, 1.807) is 6.20 Å². The lowest BCUT2D eigenvalue weighted by atomic mass is 10.1. The van der Waals surface area contributed by atoms with Crippen LogP contribution in [0.3, 0.4) is 0 Å². The number of carbonyl (C=O) groups is 1. The van der Waals surface area contributed by atoms with E-state index in [0.717, 1.165) is 39.9 Å². The van der Waals surface area contributed by atoms with Crippen LogP contribution in [-0.2, 0) is 6.42 Å². The largest absolute Gasteiger partial charge is 0.362 e. The Morgan fingerprint density at radius 2 is 2.24 bits per heavy atom. The molecule has 0 aliphatic heterocycles. The second kappa shape index (κ2) is 4.93. The van der Waals surface area contributed by atoms with Crippen LogP contribution in [-0.4, -0.2) is 16.3 Å². The highest BCUT2D eigenvalue weighted by Gasteiger charge is 2.24. The number of carbonyl (C=O) groups excluding carboxylic acids is 1. The third-order valence-corrected chi connectivity index (χ3v) is 4.93. The van der Waals surface area contributed by atoms with E-state index in [1.807, 2.05) is 24.4 Å². The number of aromatic nitrogens is 2. The van der Waals surface area contributed by atoms with Gasteiger partial charge in [0.2, 0.25) is 0 Å². The molecule has 0 spiro atoms. The Kier molecular flexibility index (Phi) is 2.93. The average Bonchev–Trinajstić information content (AvgIpc) is 3.12. The molecule has 4 rings (SSSR count). The van der Waals surface area contributed by atoms with E-state index in [-0.39, 0.29) is 6.04 Å². The topological polar surface area (TPSA) is 54.9 Å². The highest BCUT2D eigenvalue weighted by Crippen LogP contribution is 2.36. The number of aryl methyl sites for hydroxylation is 1. The second-order valence-corrected chi connectivity index (χ2v) is 6.20. The highest BCUT2D eigenvalue weighted by atomic mass is 32.1. The molecule has 21 heavy (non-hydrogen) atoms. The van der Waals surface area contributed by atoms with Gasteiger partial charge in [0.25, 0.3) is 0 Å². The number of hydrogen-bond donors (Lipinski definition) is 1. The van der Waals surface area contributed by atoms with Crippen molar-refractivity contribution in [1.29, 1.82) is 0 Å². The Bertz CT molecular complexity index is 827. The first kappa shape index (κ1) is 12.5. The van der Waals surface area contributed by atoms with Crippen LogP contribution in [0.5, 0.6) is 0 Å². The van der Waals surface area contributed by atoms with Crippen molar-refractivity contribution in [2.75, 3.05) is 5.32 Å². The molecule has 0 radical (unpaired) electrons. The summed E-state index contributed by atoms with van der Waals surface area (Å²) in [6.07, 6.45) is 6.54. The van der Waals surface area contributed by atoms with Gasteiger partial charge in [-0.2, -0.15) is 0 Å². The van der Waals surface area contributed by atoms with Crippen LogP contribution < -0.4 is 5.32 Å². The van der Waals surface area contributed by atoms with Gasteiger partial charge in [0, 0.05) is 18.1 Å². The van der Waals surface area contributed by atoms with Crippen molar-refractivity contribution in [1.82, 2.24) is 9.97 Å². The summed E-state index contributed by atoms with van der Waals surface area (Å²) in [6, 6.07) is 8.19. The fraction of sp³-hybridized carbons (Fsp3) is 0.188. The fourth-order valence-electron chi connectivity index (χ4n) is 2.87. The zero-order chi connectivity index (χ0) is 14.2. The first-order valence-electron chi connectivity index (χ1n) is 6.89. The molecule has 3 aromatic rings. The minimum Gasteiger partial charge on any atom is -0.362 e. The molecule has 5 heteroatoms. The van der Waals surface area contributed by atoms with Gasteiger partial charge in [-0.15, -0.1) is 11.3 Å². The van der Waals surface area contributed by atoms with Gasteiger partial charge in [-0.3, -0.25) is 9.78 Å². The summed E-state index contributed by atoms with van der Waals surface area (Å²) in [5, 5.41) is 4.58. The van der Waals surface area contributed by atoms with Gasteiger partial charge in [-0.25, -0.2) is 4.98 Å². The number of thiophene rings is 1. The zero-order valence-electron chi connectivity index (χ0n) is 11.2. The summed E-state index contributed by atoms with van der Waals surface area (Å²) in [4.78, 5) is 20.6. The molecule has 0 saturated carbocycles. The van der Waals surface area contributed by atoms with E-state index in [0.29, 0.717) is 0 Å². The maximum atomic E-state index is 11.0. The minimum atomic E-state index is 0.244. The first-order chi connectivity index (χ1) is 10.3. The molecule has 0 bridgehead atoms. The average molecular weight is 295 g/mol. The lowest BCUT2D eigenvalue weighted by Gasteiger charge is -2.14.